The molecule has 0 atom stereocenters. The molecule has 0 fully saturated rings. The number of rotatable bonds is 7. The lowest BCUT2D eigenvalue weighted by atomic mass is 10.3. The molecule has 0 unspecified atom stereocenters. The number of ether oxygens (including phenoxy) is 1. The van der Waals surface area contributed by atoms with E-state index in [2.05, 4.69) is 9.97 Å². The van der Waals surface area contributed by atoms with Gasteiger partial charge in [-0.05, 0) is 31.5 Å². The second-order valence-corrected chi connectivity index (χ2v) is 6.48. The molecule has 3 rings (SSSR count). The number of aryl methyl sites for hydroxylation is 2. The zero-order chi connectivity index (χ0) is 19.6. The number of nitrogens with one attached hydrogen (secondary N) is 1. The number of H-pyrrole nitrogens is 1. The smallest absolute Gasteiger partial charge is 0.330 e. The van der Waals surface area contributed by atoms with Crippen molar-refractivity contribution < 1.29 is 9.13 Å². The third-order valence-electron chi connectivity index (χ3n) is 4.27. The standard InChI is InChI=1S/C18H20ClFN4O3/c1-3-5-8-24-16-15(17(25)22-18(24)26)23(4-2)14(21-16)10-27-13-7-6-11(20)9-12(13)19/h6-7,9H,3-5,8,10H2,1-2H3,(H,22,25,26). The summed E-state index contributed by atoms with van der Waals surface area (Å²) in [5.74, 6) is 0.332. The number of hydrogen-bond acceptors (Lipinski definition) is 4. The van der Waals surface area contributed by atoms with E-state index in [0.717, 1.165) is 18.9 Å². The van der Waals surface area contributed by atoms with Crippen molar-refractivity contribution in [1.82, 2.24) is 19.1 Å². The van der Waals surface area contributed by atoms with Gasteiger partial charge in [0.05, 0.1) is 5.02 Å². The van der Waals surface area contributed by atoms with Gasteiger partial charge in [0, 0.05) is 13.1 Å². The summed E-state index contributed by atoms with van der Waals surface area (Å²) >= 11 is 5.98. The summed E-state index contributed by atoms with van der Waals surface area (Å²) in [6.45, 7) is 4.85. The lowest BCUT2D eigenvalue weighted by Crippen LogP contribution is -2.31. The molecule has 7 nitrogen and oxygen atoms in total. The normalized spacial score (nSPS) is 11.3. The molecule has 0 saturated carbocycles. The summed E-state index contributed by atoms with van der Waals surface area (Å²) in [7, 11) is 0. The van der Waals surface area contributed by atoms with Crippen LogP contribution in [0.5, 0.6) is 5.75 Å². The predicted molar refractivity (Wildman–Crippen MR) is 101 cm³/mol. The van der Waals surface area contributed by atoms with Crippen LogP contribution in [0.15, 0.2) is 27.8 Å². The molecule has 0 bridgehead atoms. The summed E-state index contributed by atoms with van der Waals surface area (Å²) < 4.78 is 22.0. The van der Waals surface area contributed by atoms with Gasteiger partial charge in [-0.15, -0.1) is 0 Å². The fourth-order valence-corrected chi connectivity index (χ4v) is 3.15. The van der Waals surface area contributed by atoms with Gasteiger partial charge in [-0.2, -0.15) is 0 Å². The van der Waals surface area contributed by atoms with Crippen LogP contribution in [0.25, 0.3) is 11.2 Å². The average molecular weight is 395 g/mol. The molecule has 3 aromatic rings. The summed E-state index contributed by atoms with van der Waals surface area (Å²) in [6, 6.07) is 3.84. The predicted octanol–water partition coefficient (Wildman–Crippen LogP) is 3.08. The second kappa shape index (κ2) is 7.96. The SMILES string of the molecule is CCCCn1c(=O)[nH]c(=O)c2c1nc(COc1ccc(F)cc1Cl)n2CC. The van der Waals surface area contributed by atoms with Crippen LogP contribution in [0.1, 0.15) is 32.5 Å². The van der Waals surface area contributed by atoms with Crippen LogP contribution in [0.2, 0.25) is 5.02 Å². The summed E-state index contributed by atoms with van der Waals surface area (Å²) in [5.41, 5.74) is -0.293. The highest BCUT2D eigenvalue weighted by atomic mass is 35.5. The summed E-state index contributed by atoms with van der Waals surface area (Å²) in [4.78, 5) is 31.4. The Labute approximate surface area is 159 Å². The first-order valence-corrected chi connectivity index (χ1v) is 9.14. The number of hydrogen-bond donors (Lipinski definition) is 1. The van der Waals surface area contributed by atoms with Gasteiger partial charge in [0.25, 0.3) is 5.56 Å². The number of fused-ring (bicyclic) bond motifs is 1. The van der Waals surface area contributed by atoms with Crippen molar-refractivity contribution in [3.8, 4) is 5.75 Å². The largest absolute Gasteiger partial charge is 0.484 e. The van der Waals surface area contributed by atoms with Gasteiger partial charge >= 0.3 is 5.69 Å². The molecule has 1 aromatic carbocycles. The van der Waals surface area contributed by atoms with Crippen LogP contribution >= 0.6 is 11.6 Å². The Morgan fingerprint density at radius 2 is 2.04 bits per heavy atom. The van der Waals surface area contributed by atoms with E-state index in [1.54, 1.807) is 4.57 Å². The van der Waals surface area contributed by atoms with Gasteiger partial charge in [0.1, 0.15) is 24.0 Å². The van der Waals surface area contributed by atoms with Gasteiger partial charge < -0.3 is 9.30 Å². The van der Waals surface area contributed by atoms with Crippen LogP contribution in [-0.4, -0.2) is 19.1 Å². The Hall–Kier alpha value is -2.61. The molecule has 2 heterocycles. The highest BCUT2D eigenvalue weighted by Crippen LogP contribution is 2.26. The number of nitrogens with zero attached hydrogens (tertiary/aromatic N) is 3. The molecular weight excluding hydrogens is 375 g/mol. The van der Waals surface area contributed by atoms with Crippen molar-refractivity contribution in [3.05, 3.63) is 55.7 Å². The van der Waals surface area contributed by atoms with E-state index in [4.69, 9.17) is 16.3 Å². The zero-order valence-corrected chi connectivity index (χ0v) is 15.8. The van der Waals surface area contributed by atoms with Crippen LogP contribution in [-0.2, 0) is 19.7 Å². The molecule has 0 radical (unpaired) electrons. The molecule has 0 aliphatic carbocycles. The first-order valence-electron chi connectivity index (χ1n) is 8.76. The molecule has 0 aliphatic heterocycles. The zero-order valence-electron chi connectivity index (χ0n) is 15.1. The third kappa shape index (κ3) is 3.75. The summed E-state index contributed by atoms with van der Waals surface area (Å²) in [6.07, 6.45) is 1.69. The van der Waals surface area contributed by atoms with Crippen molar-refractivity contribution in [2.45, 2.75) is 46.4 Å². The highest BCUT2D eigenvalue weighted by Gasteiger charge is 2.18. The molecule has 144 valence electrons. The maximum absolute atomic E-state index is 13.2. The lowest BCUT2D eigenvalue weighted by molar-refractivity contribution is 0.290. The van der Waals surface area contributed by atoms with Crippen molar-refractivity contribution >= 4 is 22.8 Å². The van der Waals surface area contributed by atoms with Gasteiger partial charge in [-0.3, -0.25) is 14.3 Å². The fraction of sp³-hybridized carbons (Fsp3) is 0.389. The molecule has 0 saturated heterocycles. The van der Waals surface area contributed by atoms with Crippen LogP contribution in [0.4, 0.5) is 4.39 Å². The van der Waals surface area contributed by atoms with Crippen molar-refractivity contribution in [3.63, 3.8) is 0 Å². The second-order valence-electron chi connectivity index (χ2n) is 6.07. The maximum atomic E-state index is 13.2. The van der Waals surface area contributed by atoms with Crippen molar-refractivity contribution in [2.75, 3.05) is 0 Å². The van der Waals surface area contributed by atoms with E-state index < -0.39 is 17.1 Å². The first kappa shape index (κ1) is 19.2. The van der Waals surface area contributed by atoms with E-state index in [-0.39, 0.29) is 11.6 Å². The van der Waals surface area contributed by atoms with E-state index in [0.29, 0.717) is 35.8 Å². The molecule has 0 amide bonds. The Balaban J connectivity index is 2.03. The van der Waals surface area contributed by atoms with Crippen molar-refractivity contribution in [1.29, 1.82) is 0 Å². The molecule has 0 spiro atoms. The van der Waals surface area contributed by atoms with Crippen LogP contribution < -0.4 is 16.0 Å². The van der Waals surface area contributed by atoms with Crippen molar-refractivity contribution in [2.24, 2.45) is 0 Å². The van der Waals surface area contributed by atoms with E-state index in [1.807, 2.05) is 13.8 Å². The van der Waals surface area contributed by atoms with E-state index in [1.165, 1.54) is 16.7 Å². The highest BCUT2D eigenvalue weighted by molar-refractivity contribution is 6.32. The van der Waals surface area contributed by atoms with Gasteiger partial charge in [0.2, 0.25) is 0 Å². The minimum atomic E-state index is -0.483. The molecule has 2 aromatic heterocycles. The molecule has 9 heteroatoms. The number of aromatic amines is 1. The lowest BCUT2D eigenvalue weighted by Gasteiger charge is -2.09. The van der Waals surface area contributed by atoms with Gasteiger partial charge in [-0.25, -0.2) is 14.2 Å². The van der Waals surface area contributed by atoms with Gasteiger partial charge in [-0.1, -0.05) is 24.9 Å². The number of halogens is 2. The minimum absolute atomic E-state index is 0.0231. The van der Waals surface area contributed by atoms with Gasteiger partial charge in [0.15, 0.2) is 11.2 Å². The minimum Gasteiger partial charge on any atom is -0.484 e. The van der Waals surface area contributed by atoms with E-state index in [9.17, 15) is 14.0 Å². The topological polar surface area (TPSA) is 81.9 Å². The molecule has 1 N–H and O–H groups in total. The third-order valence-corrected chi connectivity index (χ3v) is 4.56. The number of benzene rings is 1. The Kier molecular flexibility index (Phi) is 5.65. The monoisotopic (exact) mass is 394 g/mol. The molecule has 0 aliphatic rings. The fourth-order valence-electron chi connectivity index (χ4n) is 2.93. The number of unbranched alkanes of at least 4 members (excludes halogenated alkanes) is 1. The Morgan fingerprint density at radius 1 is 1.26 bits per heavy atom. The first-order chi connectivity index (χ1) is 13.0. The molecular formula is C18H20ClFN4O3. The summed E-state index contributed by atoms with van der Waals surface area (Å²) in [5, 5.41) is 0.145. The Bertz CT molecular complexity index is 1090. The Morgan fingerprint density at radius 3 is 2.70 bits per heavy atom. The van der Waals surface area contributed by atoms with E-state index >= 15 is 0 Å². The average Bonchev–Trinajstić information content (AvgIpc) is 2.99. The van der Waals surface area contributed by atoms with Crippen LogP contribution in [0.3, 0.4) is 0 Å². The van der Waals surface area contributed by atoms with Crippen LogP contribution in [0, 0.1) is 5.82 Å². The maximum Gasteiger partial charge on any atom is 0.330 e. The number of imidazole rings is 1. The quantitative estimate of drug-likeness (QED) is 0.667. The molecule has 27 heavy (non-hydrogen) atoms. The number of aromatic nitrogens is 4.